The van der Waals surface area contributed by atoms with E-state index in [4.69, 9.17) is 0 Å². The van der Waals surface area contributed by atoms with Gasteiger partial charge in [-0.3, -0.25) is 0 Å². The predicted molar refractivity (Wildman–Crippen MR) is 60.7 cm³/mol. The SMILES string of the molecule is CCN(CCBr)c1ccc(C)cn1. The zero-order valence-corrected chi connectivity index (χ0v) is 9.71. The fourth-order valence-electron chi connectivity index (χ4n) is 1.18. The van der Waals surface area contributed by atoms with Crippen LogP contribution in [0.2, 0.25) is 0 Å². The molecule has 0 aliphatic carbocycles. The predicted octanol–water partition coefficient (Wildman–Crippen LogP) is 2.61. The minimum atomic E-state index is 0.983. The molecule has 0 aliphatic heterocycles. The molecule has 1 rings (SSSR count). The maximum Gasteiger partial charge on any atom is 0.128 e. The molecule has 0 N–H and O–H groups in total. The van der Waals surface area contributed by atoms with E-state index in [-0.39, 0.29) is 0 Å². The summed E-state index contributed by atoms with van der Waals surface area (Å²) in [5.74, 6) is 1.06. The van der Waals surface area contributed by atoms with E-state index in [0.717, 1.165) is 24.2 Å². The normalized spacial score (nSPS) is 10.1. The lowest BCUT2D eigenvalue weighted by atomic mass is 10.3. The van der Waals surface area contributed by atoms with Crippen molar-refractivity contribution < 1.29 is 0 Å². The van der Waals surface area contributed by atoms with Gasteiger partial charge < -0.3 is 4.90 Å². The third kappa shape index (κ3) is 2.99. The standard InChI is InChI=1S/C10H15BrN2/c1-3-13(7-6-11)10-5-4-9(2)8-12-10/h4-5,8H,3,6-7H2,1-2H3. The van der Waals surface area contributed by atoms with Crippen molar-refractivity contribution in [2.45, 2.75) is 13.8 Å². The van der Waals surface area contributed by atoms with Gasteiger partial charge in [-0.1, -0.05) is 22.0 Å². The molecule has 1 heterocycles. The van der Waals surface area contributed by atoms with E-state index >= 15 is 0 Å². The first-order valence-corrected chi connectivity index (χ1v) is 5.63. The minimum absolute atomic E-state index is 0.983. The third-order valence-electron chi connectivity index (χ3n) is 1.96. The van der Waals surface area contributed by atoms with E-state index in [2.05, 4.69) is 51.8 Å². The summed E-state index contributed by atoms with van der Waals surface area (Å²) in [5, 5.41) is 0.983. The monoisotopic (exact) mass is 242 g/mol. The highest BCUT2D eigenvalue weighted by atomic mass is 79.9. The van der Waals surface area contributed by atoms with E-state index in [1.807, 2.05) is 6.20 Å². The fourth-order valence-corrected chi connectivity index (χ4v) is 1.61. The van der Waals surface area contributed by atoms with Crippen molar-refractivity contribution in [2.24, 2.45) is 0 Å². The summed E-state index contributed by atoms with van der Waals surface area (Å²) in [6, 6.07) is 4.17. The van der Waals surface area contributed by atoms with Gasteiger partial charge in [-0.15, -0.1) is 0 Å². The summed E-state index contributed by atoms with van der Waals surface area (Å²) < 4.78 is 0. The largest absolute Gasteiger partial charge is 0.356 e. The molecule has 0 fully saturated rings. The van der Waals surface area contributed by atoms with Crippen LogP contribution in [0.25, 0.3) is 0 Å². The number of hydrogen-bond acceptors (Lipinski definition) is 2. The molecule has 3 heteroatoms. The molecule has 72 valence electrons. The Kier molecular flexibility index (Phi) is 4.22. The van der Waals surface area contributed by atoms with Gasteiger partial charge in [0.05, 0.1) is 0 Å². The molecular weight excluding hydrogens is 228 g/mol. The third-order valence-corrected chi connectivity index (χ3v) is 2.31. The molecule has 0 saturated heterocycles. The van der Waals surface area contributed by atoms with Crippen LogP contribution in [0.4, 0.5) is 5.82 Å². The molecule has 0 bridgehead atoms. The van der Waals surface area contributed by atoms with Gasteiger partial charge in [0.1, 0.15) is 5.82 Å². The second-order valence-corrected chi connectivity index (χ2v) is 3.76. The fraction of sp³-hybridized carbons (Fsp3) is 0.500. The van der Waals surface area contributed by atoms with Crippen LogP contribution in [-0.2, 0) is 0 Å². The van der Waals surface area contributed by atoms with Gasteiger partial charge in [0, 0.05) is 24.6 Å². The molecule has 1 aromatic heterocycles. The summed E-state index contributed by atoms with van der Waals surface area (Å²) in [5.41, 5.74) is 1.21. The Morgan fingerprint density at radius 3 is 2.69 bits per heavy atom. The minimum Gasteiger partial charge on any atom is -0.356 e. The van der Waals surface area contributed by atoms with Gasteiger partial charge in [0.25, 0.3) is 0 Å². The molecular formula is C10H15BrN2. The highest BCUT2D eigenvalue weighted by molar-refractivity contribution is 9.09. The number of halogens is 1. The van der Waals surface area contributed by atoms with E-state index in [1.165, 1.54) is 5.56 Å². The second-order valence-electron chi connectivity index (χ2n) is 2.96. The molecule has 0 aromatic carbocycles. The molecule has 0 saturated carbocycles. The first kappa shape index (κ1) is 10.5. The molecule has 2 nitrogen and oxygen atoms in total. The van der Waals surface area contributed by atoms with Gasteiger partial charge in [0.2, 0.25) is 0 Å². The number of aromatic nitrogens is 1. The Morgan fingerprint density at radius 1 is 1.46 bits per heavy atom. The van der Waals surface area contributed by atoms with E-state index in [0.29, 0.717) is 0 Å². The van der Waals surface area contributed by atoms with Gasteiger partial charge in [-0.25, -0.2) is 4.98 Å². The molecule has 0 unspecified atom stereocenters. The number of anilines is 1. The van der Waals surface area contributed by atoms with Crippen LogP contribution in [0, 0.1) is 6.92 Å². The van der Waals surface area contributed by atoms with Gasteiger partial charge >= 0.3 is 0 Å². The average molecular weight is 243 g/mol. The summed E-state index contributed by atoms with van der Waals surface area (Å²) in [4.78, 5) is 6.62. The van der Waals surface area contributed by atoms with Gasteiger partial charge in [0.15, 0.2) is 0 Å². The Bertz CT molecular complexity index is 246. The van der Waals surface area contributed by atoms with E-state index in [9.17, 15) is 0 Å². The molecule has 0 amide bonds. The number of alkyl halides is 1. The number of rotatable bonds is 4. The lowest BCUT2D eigenvalue weighted by molar-refractivity contribution is 0.853. The zero-order chi connectivity index (χ0) is 9.68. The van der Waals surface area contributed by atoms with Crippen molar-refractivity contribution in [3.63, 3.8) is 0 Å². The van der Waals surface area contributed by atoms with Crippen molar-refractivity contribution in [1.29, 1.82) is 0 Å². The molecule has 13 heavy (non-hydrogen) atoms. The number of nitrogens with zero attached hydrogens (tertiary/aromatic N) is 2. The van der Waals surface area contributed by atoms with Crippen LogP contribution in [0.1, 0.15) is 12.5 Å². The van der Waals surface area contributed by atoms with Crippen molar-refractivity contribution in [3.05, 3.63) is 23.9 Å². The Labute approximate surface area is 88.1 Å². The first-order chi connectivity index (χ1) is 6.27. The molecule has 0 aliphatic rings. The number of pyridine rings is 1. The van der Waals surface area contributed by atoms with Crippen molar-refractivity contribution in [3.8, 4) is 0 Å². The number of hydrogen-bond donors (Lipinski definition) is 0. The highest BCUT2D eigenvalue weighted by Crippen LogP contribution is 2.10. The van der Waals surface area contributed by atoms with E-state index in [1.54, 1.807) is 0 Å². The van der Waals surface area contributed by atoms with Crippen LogP contribution < -0.4 is 4.90 Å². The van der Waals surface area contributed by atoms with Crippen molar-refractivity contribution >= 4 is 21.7 Å². The van der Waals surface area contributed by atoms with Crippen LogP contribution in [-0.4, -0.2) is 23.4 Å². The molecule has 0 atom stereocenters. The molecule has 1 aromatic rings. The van der Waals surface area contributed by atoms with Crippen LogP contribution in [0.5, 0.6) is 0 Å². The molecule has 0 spiro atoms. The average Bonchev–Trinajstić information content (AvgIpc) is 2.16. The lowest BCUT2D eigenvalue weighted by Crippen LogP contribution is -2.25. The lowest BCUT2D eigenvalue weighted by Gasteiger charge is -2.20. The number of aryl methyl sites for hydroxylation is 1. The summed E-state index contributed by atoms with van der Waals surface area (Å²) >= 11 is 3.43. The Morgan fingerprint density at radius 2 is 2.23 bits per heavy atom. The second kappa shape index (κ2) is 5.22. The maximum atomic E-state index is 4.37. The van der Waals surface area contributed by atoms with Crippen LogP contribution >= 0.6 is 15.9 Å². The smallest absolute Gasteiger partial charge is 0.128 e. The van der Waals surface area contributed by atoms with Gasteiger partial charge in [-0.2, -0.15) is 0 Å². The van der Waals surface area contributed by atoms with Gasteiger partial charge in [-0.05, 0) is 25.5 Å². The van der Waals surface area contributed by atoms with Crippen LogP contribution in [0.3, 0.4) is 0 Å². The summed E-state index contributed by atoms with van der Waals surface area (Å²) in [7, 11) is 0. The zero-order valence-electron chi connectivity index (χ0n) is 8.13. The summed E-state index contributed by atoms with van der Waals surface area (Å²) in [6.07, 6.45) is 1.91. The Hall–Kier alpha value is -0.570. The highest BCUT2D eigenvalue weighted by Gasteiger charge is 2.02. The van der Waals surface area contributed by atoms with Crippen molar-refractivity contribution in [1.82, 2.24) is 4.98 Å². The topological polar surface area (TPSA) is 16.1 Å². The first-order valence-electron chi connectivity index (χ1n) is 4.51. The maximum absolute atomic E-state index is 4.37. The molecule has 0 radical (unpaired) electrons. The van der Waals surface area contributed by atoms with Crippen molar-refractivity contribution in [2.75, 3.05) is 23.3 Å². The van der Waals surface area contributed by atoms with E-state index < -0.39 is 0 Å². The summed E-state index contributed by atoms with van der Waals surface area (Å²) in [6.45, 7) is 6.20. The quantitative estimate of drug-likeness (QED) is 0.755. The van der Waals surface area contributed by atoms with Crippen LogP contribution in [0.15, 0.2) is 18.3 Å². The Balaban J connectivity index is 2.73.